The number of halogens is 2. The number of nitrogens with zero attached hydrogens (tertiary/aromatic N) is 1. The Morgan fingerprint density at radius 3 is 2.92 bits per heavy atom. The first-order valence-corrected chi connectivity index (χ1v) is 4.71. The van der Waals surface area contributed by atoms with Crippen LogP contribution in [0.1, 0.15) is 0 Å². The maximum absolute atomic E-state index is 13.1. The number of fused-ring (bicyclic) bond motifs is 1. The van der Waals surface area contributed by atoms with Gasteiger partial charge in [0.15, 0.2) is 0 Å². The lowest BCUT2D eigenvalue weighted by Gasteiger charge is -1.96. The quantitative estimate of drug-likeness (QED) is 0.736. The number of aromatic amines is 1. The third-order valence-electron chi connectivity index (χ3n) is 1.95. The van der Waals surface area contributed by atoms with E-state index in [1.165, 1.54) is 10.6 Å². The summed E-state index contributed by atoms with van der Waals surface area (Å²) < 4.78 is 15.0. The van der Waals surface area contributed by atoms with Gasteiger partial charge in [-0.3, -0.25) is 4.57 Å². The maximum atomic E-state index is 13.1. The number of hydrogen-bond acceptors (Lipinski definition) is 1. The van der Waals surface area contributed by atoms with E-state index in [1.54, 1.807) is 13.1 Å². The molecule has 0 fully saturated rings. The molecule has 2 aromatic rings. The number of imidazole rings is 1. The van der Waals surface area contributed by atoms with Crippen LogP contribution in [-0.2, 0) is 7.05 Å². The number of nitrogens with one attached hydrogen (secondary N) is 1. The summed E-state index contributed by atoms with van der Waals surface area (Å²) in [4.78, 5) is 13.7. The number of hydrogen-bond donors (Lipinski definition) is 1. The Morgan fingerprint density at radius 2 is 2.23 bits per heavy atom. The Hall–Kier alpha value is -0.850. The van der Waals surface area contributed by atoms with Crippen molar-refractivity contribution >= 4 is 33.6 Å². The van der Waals surface area contributed by atoms with Crippen LogP contribution in [0.2, 0.25) is 0 Å². The smallest absolute Gasteiger partial charge is 0.305 e. The summed E-state index contributed by atoms with van der Waals surface area (Å²) >= 11 is 1.89. The third kappa shape index (κ3) is 1.27. The Kier molecular flexibility index (Phi) is 1.90. The zero-order valence-electron chi connectivity index (χ0n) is 6.77. The van der Waals surface area contributed by atoms with E-state index in [0.29, 0.717) is 9.09 Å². The first kappa shape index (κ1) is 8.74. The van der Waals surface area contributed by atoms with Crippen molar-refractivity contribution in [1.29, 1.82) is 0 Å². The lowest BCUT2D eigenvalue weighted by molar-refractivity contribution is 0.622. The average Bonchev–Trinajstić information content (AvgIpc) is 2.32. The fraction of sp³-hybridized carbons (Fsp3) is 0.125. The van der Waals surface area contributed by atoms with Gasteiger partial charge in [-0.2, -0.15) is 0 Å². The fourth-order valence-electron chi connectivity index (χ4n) is 1.22. The van der Waals surface area contributed by atoms with Gasteiger partial charge in [0, 0.05) is 13.1 Å². The fourth-order valence-corrected chi connectivity index (χ4v) is 1.67. The Labute approximate surface area is 86.7 Å². The summed E-state index contributed by atoms with van der Waals surface area (Å²) in [5.41, 5.74) is 1.03. The average molecular weight is 292 g/mol. The first-order valence-electron chi connectivity index (χ1n) is 3.63. The van der Waals surface area contributed by atoms with Gasteiger partial charge in [-0.05, 0) is 28.7 Å². The molecule has 1 N–H and O–H groups in total. The van der Waals surface area contributed by atoms with Gasteiger partial charge < -0.3 is 4.98 Å². The Morgan fingerprint density at radius 1 is 1.54 bits per heavy atom. The molecule has 1 aromatic carbocycles. The van der Waals surface area contributed by atoms with Gasteiger partial charge in [0.25, 0.3) is 0 Å². The lowest BCUT2D eigenvalue weighted by Crippen LogP contribution is -2.11. The molecule has 1 heterocycles. The highest BCUT2D eigenvalue weighted by atomic mass is 127. The van der Waals surface area contributed by atoms with Crippen LogP contribution in [0.3, 0.4) is 0 Å². The van der Waals surface area contributed by atoms with Crippen molar-refractivity contribution in [2.45, 2.75) is 0 Å². The second kappa shape index (κ2) is 2.83. The second-order valence-corrected chi connectivity index (χ2v) is 3.93. The molecule has 0 bridgehead atoms. The van der Waals surface area contributed by atoms with E-state index in [4.69, 9.17) is 0 Å². The van der Waals surface area contributed by atoms with E-state index >= 15 is 0 Å². The summed E-state index contributed by atoms with van der Waals surface area (Å²) in [6.45, 7) is 0. The molecule has 0 radical (unpaired) electrons. The molecule has 0 spiro atoms. The highest BCUT2D eigenvalue weighted by Gasteiger charge is 2.06. The molecular weight excluding hydrogens is 286 g/mol. The van der Waals surface area contributed by atoms with Gasteiger partial charge in [-0.25, -0.2) is 9.18 Å². The second-order valence-electron chi connectivity index (χ2n) is 2.77. The number of rotatable bonds is 0. The zero-order chi connectivity index (χ0) is 9.59. The van der Waals surface area contributed by atoms with E-state index in [2.05, 4.69) is 4.98 Å². The molecule has 5 heteroatoms. The van der Waals surface area contributed by atoms with Crippen LogP contribution < -0.4 is 5.69 Å². The molecule has 0 amide bonds. The number of benzene rings is 1. The molecule has 0 saturated heterocycles. The van der Waals surface area contributed by atoms with Gasteiger partial charge in [0.2, 0.25) is 0 Å². The summed E-state index contributed by atoms with van der Waals surface area (Å²) in [6, 6.07) is 2.97. The van der Waals surface area contributed by atoms with Crippen molar-refractivity contribution in [1.82, 2.24) is 9.55 Å². The summed E-state index contributed by atoms with van der Waals surface area (Å²) in [7, 11) is 1.65. The van der Waals surface area contributed by atoms with Crippen LogP contribution in [0, 0.1) is 9.39 Å². The number of H-pyrrole nitrogens is 1. The van der Waals surface area contributed by atoms with E-state index in [-0.39, 0.29) is 11.5 Å². The van der Waals surface area contributed by atoms with E-state index in [0.717, 1.165) is 5.52 Å². The topological polar surface area (TPSA) is 37.8 Å². The minimum atomic E-state index is -0.310. The van der Waals surface area contributed by atoms with Crippen LogP contribution >= 0.6 is 22.6 Å². The van der Waals surface area contributed by atoms with Crippen molar-refractivity contribution in [3.05, 3.63) is 32.0 Å². The lowest BCUT2D eigenvalue weighted by atomic mass is 10.3. The van der Waals surface area contributed by atoms with Crippen molar-refractivity contribution < 1.29 is 4.39 Å². The van der Waals surface area contributed by atoms with Gasteiger partial charge in [0.05, 0.1) is 14.6 Å². The van der Waals surface area contributed by atoms with Gasteiger partial charge in [0.1, 0.15) is 5.82 Å². The van der Waals surface area contributed by atoms with Crippen molar-refractivity contribution in [2.75, 3.05) is 0 Å². The first-order chi connectivity index (χ1) is 6.09. The van der Waals surface area contributed by atoms with Crippen molar-refractivity contribution in [2.24, 2.45) is 7.05 Å². The molecule has 0 unspecified atom stereocenters. The van der Waals surface area contributed by atoms with Crippen LogP contribution in [-0.4, -0.2) is 9.55 Å². The molecule has 0 aliphatic carbocycles. The minimum absolute atomic E-state index is 0.226. The van der Waals surface area contributed by atoms with E-state index < -0.39 is 0 Å². The summed E-state index contributed by atoms with van der Waals surface area (Å²) in [5.74, 6) is -0.310. The minimum Gasteiger partial charge on any atom is -0.305 e. The highest BCUT2D eigenvalue weighted by Crippen LogP contribution is 2.17. The largest absolute Gasteiger partial charge is 0.326 e. The van der Waals surface area contributed by atoms with E-state index in [1.807, 2.05) is 22.6 Å². The summed E-state index contributed by atoms with van der Waals surface area (Å²) in [6.07, 6.45) is 0. The molecule has 0 aliphatic rings. The van der Waals surface area contributed by atoms with Crippen LogP contribution in [0.5, 0.6) is 0 Å². The van der Waals surface area contributed by atoms with Gasteiger partial charge in [-0.1, -0.05) is 0 Å². The van der Waals surface area contributed by atoms with Crippen LogP contribution in [0.15, 0.2) is 16.9 Å². The van der Waals surface area contributed by atoms with Crippen LogP contribution in [0.25, 0.3) is 11.0 Å². The number of aryl methyl sites for hydroxylation is 1. The predicted molar refractivity (Wildman–Crippen MR) is 56.2 cm³/mol. The van der Waals surface area contributed by atoms with Gasteiger partial charge in [-0.15, -0.1) is 0 Å². The Balaban J connectivity index is 2.97. The van der Waals surface area contributed by atoms with E-state index in [9.17, 15) is 9.18 Å². The normalized spacial score (nSPS) is 11.0. The molecule has 0 atom stereocenters. The molecule has 2 rings (SSSR count). The maximum Gasteiger partial charge on any atom is 0.326 e. The van der Waals surface area contributed by atoms with Crippen molar-refractivity contribution in [3.8, 4) is 0 Å². The molecule has 0 aliphatic heterocycles. The monoisotopic (exact) mass is 292 g/mol. The Bertz CT molecular complexity index is 529. The molecule has 3 nitrogen and oxygen atoms in total. The summed E-state index contributed by atoms with van der Waals surface area (Å²) in [5, 5.41) is 0. The SMILES string of the molecule is Cn1c(=O)[nH]c2cc(F)c(I)cc21. The van der Waals surface area contributed by atoms with Crippen molar-refractivity contribution in [3.63, 3.8) is 0 Å². The highest BCUT2D eigenvalue weighted by molar-refractivity contribution is 14.1. The predicted octanol–water partition coefficient (Wildman–Crippen LogP) is 1.61. The standard InChI is InChI=1S/C8H6FIN2O/c1-12-7-3-5(10)4(9)2-6(7)11-8(12)13/h2-3H,1H3,(H,11,13). The third-order valence-corrected chi connectivity index (χ3v) is 2.77. The molecule has 68 valence electrons. The molecule has 1 aromatic heterocycles. The van der Waals surface area contributed by atoms with Crippen LogP contribution in [0.4, 0.5) is 4.39 Å². The van der Waals surface area contributed by atoms with Gasteiger partial charge >= 0.3 is 5.69 Å². The molecule has 13 heavy (non-hydrogen) atoms. The molecule has 0 saturated carbocycles. The molecular formula is C8H6FIN2O. The number of aromatic nitrogens is 2. The zero-order valence-corrected chi connectivity index (χ0v) is 8.92.